The molecule has 4 N–H and O–H groups in total. The van der Waals surface area contributed by atoms with Crippen molar-refractivity contribution in [2.45, 2.75) is 23.7 Å². The molecule has 1 saturated heterocycles. The molecule has 0 bridgehead atoms. The molecule has 1 aliphatic rings. The average molecular weight is 332 g/mol. The second kappa shape index (κ2) is 4.82. The summed E-state index contributed by atoms with van der Waals surface area (Å²) in [6.45, 7) is -0.648. The summed E-state index contributed by atoms with van der Waals surface area (Å²) in [5.74, 6) is -0.480. The summed E-state index contributed by atoms with van der Waals surface area (Å²) in [5, 5.41) is 26.2. The number of hydrogen-bond acceptors (Lipinski definition) is 9. The fourth-order valence-corrected chi connectivity index (χ4v) is 3.44. The number of fused-ring (bicyclic) bond motifs is 1. The Labute approximate surface area is 123 Å². The van der Waals surface area contributed by atoms with Crippen LogP contribution in [0.4, 0.5) is 0 Å². The van der Waals surface area contributed by atoms with Gasteiger partial charge in [-0.2, -0.15) is 13.4 Å². The highest BCUT2D eigenvalue weighted by atomic mass is 32.2. The average Bonchev–Trinajstić information content (AvgIpc) is 3.00. The van der Waals surface area contributed by atoms with Crippen LogP contribution < -0.4 is 0 Å². The molecule has 0 aliphatic carbocycles. The molecular weight excluding hydrogens is 320 g/mol. The predicted molar refractivity (Wildman–Crippen MR) is 69.1 cm³/mol. The fraction of sp³-hybridized carbons (Fsp3) is 0.500. The highest BCUT2D eigenvalue weighted by Gasteiger charge is 2.57. The Morgan fingerprint density at radius 3 is 2.73 bits per heavy atom. The van der Waals surface area contributed by atoms with Crippen LogP contribution in [-0.2, 0) is 19.9 Å². The van der Waals surface area contributed by atoms with Gasteiger partial charge in [0, 0.05) is 6.42 Å². The molecule has 22 heavy (non-hydrogen) atoms. The first kappa shape index (κ1) is 15.1. The van der Waals surface area contributed by atoms with Gasteiger partial charge in [-0.05, 0) is 0 Å². The first-order chi connectivity index (χ1) is 10.3. The van der Waals surface area contributed by atoms with Crippen LogP contribution in [0.1, 0.15) is 6.42 Å². The van der Waals surface area contributed by atoms with E-state index < -0.39 is 46.3 Å². The summed E-state index contributed by atoms with van der Waals surface area (Å²) in [7, 11) is -4.88. The van der Waals surface area contributed by atoms with Crippen molar-refractivity contribution < 1.29 is 33.0 Å². The van der Waals surface area contributed by atoms with Crippen molar-refractivity contribution in [2.24, 2.45) is 0 Å². The van der Waals surface area contributed by atoms with Crippen LogP contribution in [0.3, 0.4) is 0 Å². The van der Waals surface area contributed by atoms with Crippen LogP contribution in [0.15, 0.2) is 12.7 Å². The number of imidazole rings is 1. The van der Waals surface area contributed by atoms with E-state index in [9.17, 15) is 23.2 Å². The molecule has 3 atom stereocenters. The summed E-state index contributed by atoms with van der Waals surface area (Å²) < 4.78 is 39.4. The summed E-state index contributed by atoms with van der Waals surface area (Å²) in [5.41, 5.74) is -0.216. The van der Waals surface area contributed by atoms with Gasteiger partial charge in [-0.1, -0.05) is 0 Å². The molecule has 0 radical (unpaired) electrons. The van der Waals surface area contributed by atoms with Gasteiger partial charge in [-0.25, -0.2) is 9.97 Å². The van der Waals surface area contributed by atoms with Gasteiger partial charge in [0.05, 0.1) is 12.7 Å². The molecule has 12 heteroatoms. The lowest BCUT2D eigenvalue weighted by molar-refractivity contribution is -0.0697. The molecular formula is C10H12N4O7S. The van der Waals surface area contributed by atoms with Gasteiger partial charge in [0.25, 0.3) is 5.06 Å². The lowest BCUT2D eigenvalue weighted by atomic mass is 10.2. The molecule has 0 spiro atoms. The quantitative estimate of drug-likeness (QED) is 0.469. The van der Waals surface area contributed by atoms with E-state index in [-0.39, 0.29) is 11.2 Å². The minimum absolute atomic E-state index is 0.101. The summed E-state index contributed by atoms with van der Waals surface area (Å²) in [6, 6.07) is 0. The minimum atomic E-state index is -4.88. The van der Waals surface area contributed by atoms with Crippen molar-refractivity contribution in [2.75, 3.05) is 6.61 Å². The van der Waals surface area contributed by atoms with Gasteiger partial charge in [-0.15, -0.1) is 0 Å². The van der Waals surface area contributed by atoms with E-state index in [4.69, 9.17) is 9.84 Å². The van der Waals surface area contributed by atoms with E-state index in [1.807, 2.05) is 0 Å². The van der Waals surface area contributed by atoms with Crippen molar-refractivity contribution in [1.82, 2.24) is 19.5 Å². The smallest absolute Gasteiger partial charge is 0.316 e. The highest BCUT2D eigenvalue weighted by Crippen LogP contribution is 2.41. The van der Waals surface area contributed by atoms with Crippen LogP contribution in [0.2, 0.25) is 0 Å². The Hall–Kier alpha value is -1.86. The molecule has 0 amide bonds. The van der Waals surface area contributed by atoms with Crippen LogP contribution in [0, 0.1) is 0 Å². The summed E-state index contributed by atoms with van der Waals surface area (Å²) >= 11 is 0. The first-order valence-corrected chi connectivity index (χ1v) is 7.55. The molecule has 1 fully saturated rings. The van der Waals surface area contributed by atoms with Crippen LogP contribution in [0.5, 0.6) is 5.88 Å². The second-order valence-corrected chi connectivity index (χ2v) is 6.37. The normalized spacial score (nSPS) is 29.2. The van der Waals surface area contributed by atoms with E-state index >= 15 is 0 Å². The van der Waals surface area contributed by atoms with Gasteiger partial charge >= 0.3 is 10.1 Å². The van der Waals surface area contributed by atoms with Crippen molar-refractivity contribution in [1.29, 1.82) is 0 Å². The van der Waals surface area contributed by atoms with Gasteiger partial charge in [0.15, 0.2) is 11.2 Å². The molecule has 120 valence electrons. The molecule has 11 nitrogen and oxygen atoms in total. The maximum Gasteiger partial charge on any atom is 0.316 e. The molecule has 1 aliphatic heterocycles. The Bertz CT molecular complexity index is 822. The van der Waals surface area contributed by atoms with Crippen molar-refractivity contribution in [3.05, 3.63) is 12.7 Å². The molecule has 0 unspecified atom stereocenters. The number of aromatic hydroxyl groups is 1. The van der Waals surface area contributed by atoms with E-state index in [2.05, 4.69) is 15.0 Å². The molecule has 0 aromatic carbocycles. The van der Waals surface area contributed by atoms with Gasteiger partial charge in [0.2, 0.25) is 5.88 Å². The molecule has 3 heterocycles. The van der Waals surface area contributed by atoms with Crippen molar-refractivity contribution >= 4 is 21.3 Å². The van der Waals surface area contributed by atoms with E-state index in [0.717, 1.165) is 17.2 Å². The van der Waals surface area contributed by atoms with E-state index in [1.165, 1.54) is 0 Å². The third-order valence-corrected chi connectivity index (χ3v) is 4.76. The number of aliphatic hydroxyl groups is 2. The third kappa shape index (κ3) is 1.96. The minimum Gasteiger partial charge on any atom is -0.492 e. The van der Waals surface area contributed by atoms with Crippen molar-refractivity contribution in [3.63, 3.8) is 0 Å². The second-order valence-electron chi connectivity index (χ2n) is 4.78. The molecule has 0 saturated carbocycles. The Morgan fingerprint density at radius 2 is 2.14 bits per heavy atom. The van der Waals surface area contributed by atoms with Gasteiger partial charge in [-0.3, -0.25) is 9.12 Å². The highest BCUT2D eigenvalue weighted by molar-refractivity contribution is 7.86. The number of rotatable bonds is 3. The zero-order valence-electron chi connectivity index (χ0n) is 10.9. The standard InChI is InChI=1S/C10H12N4O7S/c15-2-6-5(16)1-10(21-6,22(18,19)20)14-4-13-7-8(14)11-3-12-9(7)17/h3-6,15-16H,1-2H2,(H,11,12,17)(H,18,19,20)/t5-,6+,10-/m0/s1. The van der Waals surface area contributed by atoms with E-state index in [1.54, 1.807) is 0 Å². The Kier molecular flexibility index (Phi) is 3.30. The Balaban J connectivity index is 2.26. The lowest BCUT2D eigenvalue weighted by Crippen LogP contribution is -2.42. The lowest BCUT2D eigenvalue weighted by Gasteiger charge is -2.26. The van der Waals surface area contributed by atoms with Crippen LogP contribution in [0.25, 0.3) is 11.2 Å². The van der Waals surface area contributed by atoms with Gasteiger partial charge in [0.1, 0.15) is 18.8 Å². The maximum absolute atomic E-state index is 11.9. The predicted octanol–water partition coefficient (Wildman–Crippen LogP) is -1.83. The monoisotopic (exact) mass is 332 g/mol. The SMILES string of the molecule is O=S(=O)(O)[C@]1(n2cnc3c(O)ncnc32)C[C@H](O)[C@@H](CO)O1. The number of hydrogen-bond donors (Lipinski definition) is 4. The van der Waals surface area contributed by atoms with Gasteiger partial charge < -0.3 is 20.1 Å². The maximum atomic E-state index is 11.9. The van der Waals surface area contributed by atoms with Crippen LogP contribution in [-0.4, -0.2) is 66.6 Å². The number of aliphatic hydroxyl groups excluding tert-OH is 2. The first-order valence-electron chi connectivity index (χ1n) is 6.11. The molecule has 2 aromatic heterocycles. The Morgan fingerprint density at radius 1 is 1.41 bits per heavy atom. The third-order valence-electron chi connectivity index (χ3n) is 3.50. The number of aromatic nitrogens is 4. The van der Waals surface area contributed by atoms with Crippen LogP contribution >= 0.6 is 0 Å². The zero-order valence-corrected chi connectivity index (χ0v) is 11.8. The van der Waals surface area contributed by atoms with Crippen molar-refractivity contribution in [3.8, 4) is 5.88 Å². The largest absolute Gasteiger partial charge is 0.492 e. The molecule has 2 aromatic rings. The fourth-order valence-electron chi connectivity index (χ4n) is 2.44. The number of nitrogens with zero attached hydrogens (tertiary/aromatic N) is 4. The summed E-state index contributed by atoms with van der Waals surface area (Å²) in [6.07, 6.45) is -1.13. The molecule has 3 rings (SSSR count). The topological polar surface area (TPSA) is 168 Å². The summed E-state index contributed by atoms with van der Waals surface area (Å²) in [4.78, 5) is 11.1. The number of ether oxygens (including phenoxy) is 1. The zero-order chi connectivity index (χ0) is 16.1. The van der Waals surface area contributed by atoms with E-state index in [0.29, 0.717) is 0 Å².